The number of fused-ring (bicyclic) bond motifs is 1. The van der Waals surface area contributed by atoms with Crippen molar-refractivity contribution < 1.29 is 19.4 Å². The van der Waals surface area contributed by atoms with Gasteiger partial charge in [0.25, 0.3) is 0 Å². The van der Waals surface area contributed by atoms with Gasteiger partial charge < -0.3 is 9.84 Å². The number of carbonyl (C=O) groups excluding carboxylic acids is 1. The molecule has 0 aliphatic rings. The molecule has 0 fully saturated rings. The topological polar surface area (TPSA) is 76.5 Å². The summed E-state index contributed by atoms with van der Waals surface area (Å²) in [5, 5.41) is 11.3. The summed E-state index contributed by atoms with van der Waals surface area (Å²) in [6, 6.07) is 7.21. The lowest BCUT2D eigenvalue weighted by atomic mass is 10.1. The molecule has 2 aromatic rings. The third kappa shape index (κ3) is 3.08. The molecular weight excluding hydrogens is 278 g/mol. The molecule has 104 valence electrons. The Morgan fingerprint density at radius 1 is 1.30 bits per heavy atom. The van der Waals surface area contributed by atoms with Gasteiger partial charge in [0.2, 0.25) is 0 Å². The van der Waals surface area contributed by atoms with Gasteiger partial charge in [0.1, 0.15) is 5.03 Å². The SMILES string of the molecule is COC(=O)CCSc1ncc(C(=O)O)c2ccccc12. The molecule has 1 heterocycles. The van der Waals surface area contributed by atoms with Gasteiger partial charge >= 0.3 is 11.9 Å². The molecule has 0 saturated carbocycles. The molecule has 0 aliphatic carbocycles. The molecule has 1 N–H and O–H groups in total. The van der Waals surface area contributed by atoms with Crippen molar-refractivity contribution in [1.82, 2.24) is 4.98 Å². The van der Waals surface area contributed by atoms with E-state index in [2.05, 4.69) is 9.72 Å². The summed E-state index contributed by atoms with van der Waals surface area (Å²) >= 11 is 1.41. The number of rotatable bonds is 5. The summed E-state index contributed by atoms with van der Waals surface area (Å²) in [6.45, 7) is 0. The number of carbonyl (C=O) groups is 2. The molecule has 0 atom stereocenters. The number of nitrogens with zero attached hydrogens (tertiary/aromatic N) is 1. The number of aromatic nitrogens is 1. The second kappa shape index (κ2) is 6.38. The number of methoxy groups -OCH3 is 1. The maximum atomic E-state index is 11.2. The molecule has 0 radical (unpaired) electrons. The van der Waals surface area contributed by atoms with E-state index in [4.69, 9.17) is 5.11 Å². The van der Waals surface area contributed by atoms with Crippen molar-refractivity contribution in [1.29, 1.82) is 0 Å². The molecular formula is C14H13NO4S. The molecule has 0 amide bonds. The molecule has 1 aromatic carbocycles. The highest BCUT2D eigenvalue weighted by Crippen LogP contribution is 2.28. The van der Waals surface area contributed by atoms with Crippen molar-refractivity contribution in [3.63, 3.8) is 0 Å². The molecule has 0 spiro atoms. The van der Waals surface area contributed by atoms with Gasteiger partial charge in [0.05, 0.1) is 19.1 Å². The van der Waals surface area contributed by atoms with E-state index in [0.29, 0.717) is 11.1 Å². The minimum atomic E-state index is -1.00. The van der Waals surface area contributed by atoms with Gasteiger partial charge in [-0.2, -0.15) is 0 Å². The lowest BCUT2D eigenvalue weighted by molar-refractivity contribution is -0.140. The van der Waals surface area contributed by atoms with Crippen molar-refractivity contribution in [3.05, 3.63) is 36.0 Å². The zero-order valence-electron chi connectivity index (χ0n) is 10.8. The van der Waals surface area contributed by atoms with Crippen molar-refractivity contribution in [2.75, 3.05) is 12.9 Å². The van der Waals surface area contributed by atoms with E-state index in [9.17, 15) is 9.59 Å². The number of pyridine rings is 1. The summed E-state index contributed by atoms with van der Waals surface area (Å²) in [4.78, 5) is 26.4. The molecule has 20 heavy (non-hydrogen) atoms. The molecule has 2 rings (SSSR count). The zero-order valence-corrected chi connectivity index (χ0v) is 11.6. The molecule has 6 heteroatoms. The number of thioether (sulfide) groups is 1. The van der Waals surface area contributed by atoms with Gasteiger partial charge in [-0.3, -0.25) is 4.79 Å². The molecule has 0 unspecified atom stereocenters. The van der Waals surface area contributed by atoms with Gasteiger partial charge in [-0.1, -0.05) is 24.3 Å². The van der Waals surface area contributed by atoms with Crippen molar-refractivity contribution in [2.45, 2.75) is 11.4 Å². The van der Waals surface area contributed by atoms with Crippen molar-refractivity contribution in [2.24, 2.45) is 0 Å². The monoisotopic (exact) mass is 291 g/mol. The van der Waals surface area contributed by atoms with E-state index >= 15 is 0 Å². The fourth-order valence-corrected chi connectivity index (χ4v) is 2.71. The summed E-state index contributed by atoms with van der Waals surface area (Å²) in [6.07, 6.45) is 1.64. The number of carboxylic acid groups (broad SMARTS) is 1. The van der Waals surface area contributed by atoms with Crippen LogP contribution in [0, 0.1) is 0 Å². The number of ether oxygens (including phenoxy) is 1. The molecule has 0 bridgehead atoms. The highest BCUT2D eigenvalue weighted by Gasteiger charge is 2.12. The molecule has 1 aromatic heterocycles. The van der Waals surface area contributed by atoms with Crippen LogP contribution in [0.1, 0.15) is 16.8 Å². The summed E-state index contributed by atoms with van der Waals surface area (Å²) < 4.78 is 4.58. The van der Waals surface area contributed by atoms with Crippen LogP contribution in [0.3, 0.4) is 0 Å². The summed E-state index contributed by atoms with van der Waals surface area (Å²) in [7, 11) is 1.35. The van der Waals surface area contributed by atoms with E-state index in [1.54, 1.807) is 12.1 Å². The van der Waals surface area contributed by atoms with E-state index in [-0.39, 0.29) is 18.0 Å². The van der Waals surface area contributed by atoms with Crippen LogP contribution >= 0.6 is 11.8 Å². The van der Waals surface area contributed by atoms with Crippen LogP contribution in [0.25, 0.3) is 10.8 Å². The number of benzene rings is 1. The van der Waals surface area contributed by atoms with E-state index in [1.165, 1.54) is 25.1 Å². The lowest BCUT2D eigenvalue weighted by Gasteiger charge is -2.07. The van der Waals surface area contributed by atoms with Crippen LogP contribution in [0.4, 0.5) is 0 Å². The minimum Gasteiger partial charge on any atom is -0.478 e. The maximum absolute atomic E-state index is 11.2. The average Bonchev–Trinajstić information content (AvgIpc) is 2.46. The lowest BCUT2D eigenvalue weighted by Crippen LogP contribution is -2.02. The van der Waals surface area contributed by atoms with E-state index < -0.39 is 5.97 Å². The van der Waals surface area contributed by atoms with Gasteiger partial charge in [-0.25, -0.2) is 9.78 Å². The van der Waals surface area contributed by atoms with Crippen LogP contribution in [-0.2, 0) is 9.53 Å². The number of hydrogen-bond acceptors (Lipinski definition) is 5. The van der Waals surface area contributed by atoms with Gasteiger partial charge in [0.15, 0.2) is 0 Å². The second-order valence-corrected chi connectivity index (χ2v) is 5.09. The summed E-state index contributed by atoms with van der Waals surface area (Å²) in [5.74, 6) is -0.737. The Morgan fingerprint density at radius 2 is 2.00 bits per heavy atom. The highest BCUT2D eigenvalue weighted by molar-refractivity contribution is 7.99. The highest BCUT2D eigenvalue weighted by atomic mass is 32.2. The maximum Gasteiger partial charge on any atom is 0.337 e. The van der Waals surface area contributed by atoms with Crippen molar-refractivity contribution >= 4 is 34.5 Å². The average molecular weight is 291 g/mol. The predicted molar refractivity (Wildman–Crippen MR) is 76.1 cm³/mol. The fourth-order valence-electron chi connectivity index (χ4n) is 1.79. The normalized spacial score (nSPS) is 10.4. The Labute approximate surface area is 120 Å². The van der Waals surface area contributed by atoms with E-state index in [0.717, 1.165) is 10.4 Å². The zero-order chi connectivity index (χ0) is 14.5. The Kier molecular flexibility index (Phi) is 4.57. The van der Waals surface area contributed by atoms with Gasteiger partial charge in [-0.05, 0) is 0 Å². The van der Waals surface area contributed by atoms with Crippen LogP contribution < -0.4 is 0 Å². The smallest absolute Gasteiger partial charge is 0.337 e. The standard InChI is InChI=1S/C14H13NO4S/c1-19-12(16)6-7-20-13-10-5-3-2-4-9(10)11(8-15-13)14(17)18/h2-5,8H,6-7H2,1H3,(H,17,18). The second-order valence-electron chi connectivity index (χ2n) is 4.00. The fraction of sp³-hybridized carbons (Fsp3) is 0.214. The first kappa shape index (κ1) is 14.3. The van der Waals surface area contributed by atoms with Crippen LogP contribution in [0.15, 0.2) is 35.5 Å². The Morgan fingerprint density at radius 3 is 2.65 bits per heavy atom. The first-order chi connectivity index (χ1) is 9.63. The first-order valence-corrected chi connectivity index (χ1v) is 6.92. The largest absolute Gasteiger partial charge is 0.478 e. The summed E-state index contributed by atoms with van der Waals surface area (Å²) in [5.41, 5.74) is 0.179. The van der Waals surface area contributed by atoms with Gasteiger partial charge in [-0.15, -0.1) is 11.8 Å². The number of carboxylic acids is 1. The Hall–Kier alpha value is -2.08. The first-order valence-electron chi connectivity index (χ1n) is 5.94. The quantitative estimate of drug-likeness (QED) is 0.674. The Bertz CT molecular complexity index is 657. The van der Waals surface area contributed by atoms with Gasteiger partial charge in [0, 0.05) is 22.7 Å². The van der Waals surface area contributed by atoms with Crippen molar-refractivity contribution in [3.8, 4) is 0 Å². The molecule has 0 saturated heterocycles. The number of hydrogen-bond donors (Lipinski definition) is 1. The third-order valence-corrected chi connectivity index (χ3v) is 3.77. The van der Waals surface area contributed by atoms with Crippen LogP contribution in [0.5, 0.6) is 0 Å². The van der Waals surface area contributed by atoms with Crippen LogP contribution in [-0.4, -0.2) is 34.9 Å². The predicted octanol–water partition coefficient (Wildman–Crippen LogP) is 2.59. The molecule has 0 aliphatic heterocycles. The third-order valence-electron chi connectivity index (χ3n) is 2.76. The number of esters is 1. The minimum absolute atomic E-state index is 0.179. The number of aromatic carboxylic acids is 1. The van der Waals surface area contributed by atoms with E-state index in [1.807, 2.05) is 12.1 Å². The van der Waals surface area contributed by atoms with Crippen LogP contribution in [0.2, 0.25) is 0 Å². The Balaban J connectivity index is 2.29. The molecule has 5 nitrogen and oxygen atoms in total.